The number of carbonyl (C=O) groups excluding carboxylic acids is 2. The van der Waals surface area contributed by atoms with Crippen LogP contribution < -0.4 is 16.2 Å². The van der Waals surface area contributed by atoms with Crippen LogP contribution in [-0.4, -0.2) is 16.8 Å². The second-order valence-electron chi connectivity index (χ2n) is 6.90. The SMILES string of the molecule is Cc1cc(C)c(CNC(=O)c2cc(Cl)cc(NC(=O)C(C)C)c2C)c(=O)[nH]1. The first-order valence-electron chi connectivity index (χ1n) is 8.68. The Labute approximate surface area is 163 Å². The molecule has 0 fully saturated rings. The normalized spacial score (nSPS) is 10.8. The standard InChI is InChI=1S/C20H24ClN3O3/c1-10(2)18(25)24-17-8-14(21)7-15(13(17)5)19(26)22-9-16-11(3)6-12(4)23-20(16)27/h6-8,10H,9H2,1-5H3,(H,22,26)(H,23,27)(H,24,25). The largest absolute Gasteiger partial charge is 0.348 e. The molecule has 2 rings (SSSR count). The van der Waals surface area contributed by atoms with E-state index in [9.17, 15) is 14.4 Å². The number of hydrogen-bond acceptors (Lipinski definition) is 3. The number of nitrogens with one attached hydrogen (secondary N) is 3. The fraction of sp³-hybridized carbons (Fsp3) is 0.350. The van der Waals surface area contributed by atoms with Crippen molar-refractivity contribution in [1.29, 1.82) is 0 Å². The van der Waals surface area contributed by atoms with Crippen molar-refractivity contribution in [2.75, 3.05) is 5.32 Å². The summed E-state index contributed by atoms with van der Waals surface area (Å²) in [5.74, 6) is -0.722. The Morgan fingerprint density at radius 2 is 1.81 bits per heavy atom. The van der Waals surface area contributed by atoms with Gasteiger partial charge in [-0.15, -0.1) is 0 Å². The van der Waals surface area contributed by atoms with E-state index in [-0.39, 0.29) is 29.8 Å². The zero-order chi connectivity index (χ0) is 20.3. The summed E-state index contributed by atoms with van der Waals surface area (Å²) >= 11 is 6.13. The molecule has 2 amide bonds. The molecule has 27 heavy (non-hydrogen) atoms. The van der Waals surface area contributed by atoms with Crippen molar-refractivity contribution in [3.8, 4) is 0 Å². The molecular weight excluding hydrogens is 366 g/mol. The minimum atomic E-state index is -0.366. The van der Waals surface area contributed by atoms with Crippen LogP contribution in [0, 0.1) is 26.7 Å². The van der Waals surface area contributed by atoms with Gasteiger partial charge in [0.05, 0.1) is 0 Å². The van der Waals surface area contributed by atoms with Crippen LogP contribution in [0.2, 0.25) is 5.02 Å². The first-order chi connectivity index (χ1) is 12.6. The number of amides is 2. The third-order valence-corrected chi connectivity index (χ3v) is 4.54. The molecule has 144 valence electrons. The maximum Gasteiger partial charge on any atom is 0.253 e. The third kappa shape index (κ3) is 4.98. The van der Waals surface area contributed by atoms with Crippen molar-refractivity contribution in [2.24, 2.45) is 5.92 Å². The monoisotopic (exact) mass is 389 g/mol. The van der Waals surface area contributed by atoms with Crippen LogP contribution in [0.1, 0.15) is 46.6 Å². The number of pyridine rings is 1. The van der Waals surface area contributed by atoms with E-state index in [2.05, 4.69) is 15.6 Å². The fourth-order valence-electron chi connectivity index (χ4n) is 2.69. The van der Waals surface area contributed by atoms with Crippen LogP contribution in [0.25, 0.3) is 0 Å². The Morgan fingerprint density at radius 1 is 1.15 bits per heavy atom. The fourth-order valence-corrected chi connectivity index (χ4v) is 2.91. The molecule has 0 aliphatic rings. The maximum atomic E-state index is 12.7. The van der Waals surface area contributed by atoms with E-state index in [1.54, 1.807) is 39.8 Å². The molecule has 0 atom stereocenters. The van der Waals surface area contributed by atoms with Gasteiger partial charge >= 0.3 is 0 Å². The number of rotatable bonds is 5. The highest BCUT2D eigenvalue weighted by molar-refractivity contribution is 6.31. The molecule has 0 spiro atoms. The lowest BCUT2D eigenvalue weighted by atomic mass is 10.0. The molecule has 2 aromatic rings. The lowest BCUT2D eigenvalue weighted by Crippen LogP contribution is -2.28. The number of benzene rings is 1. The van der Waals surface area contributed by atoms with Gasteiger partial charge in [0.25, 0.3) is 11.5 Å². The summed E-state index contributed by atoms with van der Waals surface area (Å²) in [6.07, 6.45) is 0. The number of aromatic nitrogens is 1. The Kier molecular flexibility index (Phi) is 6.44. The van der Waals surface area contributed by atoms with Crippen molar-refractivity contribution < 1.29 is 9.59 Å². The maximum absolute atomic E-state index is 12.7. The van der Waals surface area contributed by atoms with Gasteiger partial charge in [0.1, 0.15) is 0 Å². The van der Waals surface area contributed by atoms with Gasteiger partial charge in [0.2, 0.25) is 5.91 Å². The molecule has 0 saturated heterocycles. The second kappa shape index (κ2) is 8.39. The summed E-state index contributed by atoms with van der Waals surface area (Å²) in [6, 6.07) is 5.01. The predicted octanol–water partition coefficient (Wildman–Crippen LogP) is 3.48. The summed E-state index contributed by atoms with van der Waals surface area (Å²) in [6.45, 7) is 9.03. The molecule has 0 aliphatic heterocycles. The Morgan fingerprint density at radius 3 is 2.41 bits per heavy atom. The molecule has 1 aromatic heterocycles. The quantitative estimate of drug-likeness (QED) is 0.731. The number of anilines is 1. The highest BCUT2D eigenvalue weighted by Crippen LogP contribution is 2.25. The molecule has 3 N–H and O–H groups in total. The highest BCUT2D eigenvalue weighted by atomic mass is 35.5. The van der Waals surface area contributed by atoms with Gasteiger partial charge in [-0.2, -0.15) is 0 Å². The van der Waals surface area contributed by atoms with Gasteiger partial charge in [0.15, 0.2) is 0 Å². The van der Waals surface area contributed by atoms with E-state index >= 15 is 0 Å². The van der Waals surface area contributed by atoms with Gasteiger partial charge in [0, 0.05) is 40.0 Å². The van der Waals surface area contributed by atoms with Crippen LogP contribution in [0.5, 0.6) is 0 Å². The Hall–Kier alpha value is -2.60. The number of aryl methyl sites for hydroxylation is 2. The lowest BCUT2D eigenvalue weighted by Gasteiger charge is -2.15. The molecule has 0 saturated carbocycles. The Bertz CT molecular complexity index is 948. The summed E-state index contributed by atoms with van der Waals surface area (Å²) in [5.41, 5.74) is 3.31. The summed E-state index contributed by atoms with van der Waals surface area (Å²) in [5, 5.41) is 5.88. The predicted molar refractivity (Wildman–Crippen MR) is 107 cm³/mol. The van der Waals surface area contributed by atoms with Crippen LogP contribution >= 0.6 is 11.6 Å². The molecule has 6 nitrogen and oxygen atoms in total. The smallest absolute Gasteiger partial charge is 0.253 e. The van der Waals surface area contributed by atoms with Gasteiger partial charge in [-0.05, 0) is 50.1 Å². The molecule has 0 bridgehead atoms. The van der Waals surface area contributed by atoms with Gasteiger partial charge < -0.3 is 15.6 Å². The number of aromatic amines is 1. The zero-order valence-corrected chi connectivity index (χ0v) is 16.9. The minimum absolute atomic E-state index is 0.0971. The number of halogens is 1. The van der Waals surface area contributed by atoms with Gasteiger partial charge in [-0.25, -0.2) is 0 Å². The molecule has 0 radical (unpaired) electrons. The summed E-state index contributed by atoms with van der Waals surface area (Å²) in [7, 11) is 0. The van der Waals surface area contributed by atoms with Crippen molar-refractivity contribution in [1.82, 2.24) is 10.3 Å². The Balaban J connectivity index is 2.25. The van der Waals surface area contributed by atoms with Crippen LogP contribution in [0.4, 0.5) is 5.69 Å². The minimum Gasteiger partial charge on any atom is -0.348 e. The molecule has 0 unspecified atom stereocenters. The van der Waals surface area contributed by atoms with E-state index in [1.165, 1.54) is 0 Å². The molecule has 1 aromatic carbocycles. The first-order valence-corrected chi connectivity index (χ1v) is 9.06. The number of hydrogen-bond donors (Lipinski definition) is 3. The van der Waals surface area contributed by atoms with E-state index in [1.807, 2.05) is 13.0 Å². The molecule has 0 aliphatic carbocycles. The van der Waals surface area contributed by atoms with Gasteiger partial charge in [-0.3, -0.25) is 14.4 Å². The zero-order valence-electron chi connectivity index (χ0n) is 16.1. The molecule has 7 heteroatoms. The molecule has 1 heterocycles. The van der Waals surface area contributed by atoms with Crippen molar-refractivity contribution in [2.45, 2.75) is 41.2 Å². The van der Waals surface area contributed by atoms with E-state index in [0.29, 0.717) is 27.4 Å². The first kappa shape index (κ1) is 20.7. The highest BCUT2D eigenvalue weighted by Gasteiger charge is 2.17. The van der Waals surface area contributed by atoms with Crippen molar-refractivity contribution in [3.63, 3.8) is 0 Å². The van der Waals surface area contributed by atoms with E-state index < -0.39 is 0 Å². The lowest BCUT2D eigenvalue weighted by molar-refractivity contribution is -0.118. The van der Waals surface area contributed by atoms with Crippen LogP contribution in [0.15, 0.2) is 23.0 Å². The summed E-state index contributed by atoms with van der Waals surface area (Å²) in [4.78, 5) is 39.5. The molecular formula is C20H24ClN3O3. The van der Waals surface area contributed by atoms with E-state index in [4.69, 9.17) is 11.6 Å². The average Bonchev–Trinajstić information content (AvgIpc) is 2.56. The average molecular weight is 390 g/mol. The van der Waals surface area contributed by atoms with E-state index in [0.717, 1.165) is 11.3 Å². The second-order valence-corrected chi connectivity index (χ2v) is 7.33. The summed E-state index contributed by atoms with van der Waals surface area (Å²) < 4.78 is 0. The third-order valence-electron chi connectivity index (χ3n) is 4.32. The number of carbonyl (C=O) groups is 2. The topological polar surface area (TPSA) is 91.1 Å². The van der Waals surface area contributed by atoms with Gasteiger partial charge in [-0.1, -0.05) is 25.4 Å². The van der Waals surface area contributed by atoms with Crippen LogP contribution in [-0.2, 0) is 11.3 Å². The van der Waals surface area contributed by atoms with Crippen molar-refractivity contribution in [3.05, 3.63) is 61.5 Å². The van der Waals surface area contributed by atoms with Crippen molar-refractivity contribution >= 4 is 29.1 Å². The van der Waals surface area contributed by atoms with Crippen LogP contribution in [0.3, 0.4) is 0 Å². The number of H-pyrrole nitrogens is 1.